The van der Waals surface area contributed by atoms with Gasteiger partial charge in [0.1, 0.15) is 9.61 Å². The first-order chi connectivity index (χ1) is 10.1. The van der Waals surface area contributed by atoms with Gasteiger partial charge in [-0.3, -0.25) is 14.5 Å². The van der Waals surface area contributed by atoms with E-state index in [1.165, 1.54) is 16.2 Å². The normalized spacial score (nSPS) is 15.4. The number of aromatic nitrogens is 1. The highest BCUT2D eigenvalue weighted by atomic mass is 79.9. The molecule has 0 fully saturated rings. The maximum atomic E-state index is 12.2. The maximum Gasteiger partial charge on any atom is 0.261 e. The van der Waals surface area contributed by atoms with Crippen molar-refractivity contribution in [3.63, 3.8) is 0 Å². The Morgan fingerprint density at radius 2 is 1.86 bits per heavy atom. The van der Waals surface area contributed by atoms with Crippen LogP contribution in [0.5, 0.6) is 0 Å². The number of fused-ring (bicyclic) bond motifs is 1. The largest absolute Gasteiger partial charge is 0.322 e. The topological polar surface area (TPSA) is 76.3 Å². The van der Waals surface area contributed by atoms with Crippen molar-refractivity contribution in [2.45, 2.75) is 12.5 Å². The van der Waals surface area contributed by atoms with Crippen LogP contribution in [0.25, 0.3) is 0 Å². The molecule has 2 N–H and O–H groups in total. The van der Waals surface area contributed by atoms with E-state index in [0.717, 1.165) is 9.61 Å². The first-order valence-corrected chi connectivity index (χ1v) is 8.07. The van der Waals surface area contributed by atoms with E-state index >= 15 is 0 Å². The van der Waals surface area contributed by atoms with Gasteiger partial charge in [-0.1, -0.05) is 12.1 Å². The van der Waals surface area contributed by atoms with Crippen molar-refractivity contribution in [2.75, 3.05) is 6.54 Å². The number of thiazole rings is 1. The fourth-order valence-electron chi connectivity index (χ4n) is 2.27. The number of hydrogen-bond acceptors (Lipinski definition) is 5. The van der Waals surface area contributed by atoms with Crippen molar-refractivity contribution in [1.29, 1.82) is 0 Å². The standard InChI is InChI=1S/C14H12BrN3O2S/c15-11-7-21-12(17-11)10(16)5-6-18-13(19)8-3-1-2-4-9(8)14(18)20/h1-4,7,10H,5-6,16H2. The fraction of sp³-hybridized carbons (Fsp3) is 0.214. The Hall–Kier alpha value is -1.57. The van der Waals surface area contributed by atoms with E-state index < -0.39 is 0 Å². The SMILES string of the molecule is NC(CCN1C(=O)c2ccccc2C1=O)c1nc(Br)cs1. The van der Waals surface area contributed by atoms with Crippen LogP contribution >= 0.6 is 27.3 Å². The summed E-state index contributed by atoms with van der Waals surface area (Å²) >= 11 is 4.74. The van der Waals surface area contributed by atoms with Crippen molar-refractivity contribution in [2.24, 2.45) is 5.73 Å². The molecule has 1 aliphatic rings. The van der Waals surface area contributed by atoms with Gasteiger partial charge in [0.2, 0.25) is 0 Å². The molecular formula is C14H12BrN3O2S. The summed E-state index contributed by atoms with van der Waals surface area (Å²) in [5.74, 6) is -0.494. The summed E-state index contributed by atoms with van der Waals surface area (Å²) in [6.07, 6.45) is 0.491. The highest BCUT2D eigenvalue weighted by molar-refractivity contribution is 9.10. The number of rotatable bonds is 4. The molecule has 0 spiro atoms. The molecule has 1 aliphatic heterocycles. The van der Waals surface area contributed by atoms with E-state index in [-0.39, 0.29) is 17.9 Å². The van der Waals surface area contributed by atoms with Gasteiger partial charge < -0.3 is 5.73 Å². The summed E-state index contributed by atoms with van der Waals surface area (Å²) in [6, 6.07) is 6.57. The number of imide groups is 1. The molecule has 1 aromatic carbocycles. The number of carbonyl (C=O) groups is 2. The molecule has 108 valence electrons. The van der Waals surface area contributed by atoms with Gasteiger partial charge in [-0.2, -0.15) is 0 Å². The van der Waals surface area contributed by atoms with E-state index in [9.17, 15) is 9.59 Å². The van der Waals surface area contributed by atoms with Crippen LogP contribution in [0.2, 0.25) is 0 Å². The number of nitrogens with two attached hydrogens (primary N) is 1. The van der Waals surface area contributed by atoms with Crippen LogP contribution in [0, 0.1) is 0 Å². The summed E-state index contributed by atoms with van der Waals surface area (Å²) in [4.78, 5) is 29.9. The lowest BCUT2D eigenvalue weighted by Crippen LogP contribution is -2.32. The van der Waals surface area contributed by atoms with Crippen LogP contribution in [-0.2, 0) is 0 Å². The Morgan fingerprint density at radius 3 is 2.38 bits per heavy atom. The predicted molar refractivity (Wildman–Crippen MR) is 83.2 cm³/mol. The molecule has 2 aromatic rings. The third kappa shape index (κ3) is 2.64. The molecule has 0 aliphatic carbocycles. The lowest BCUT2D eigenvalue weighted by molar-refractivity contribution is 0.0650. The second-order valence-electron chi connectivity index (χ2n) is 4.71. The van der Waals surface area contributed by atoms with E-state index in [2.05, 4.69) is 20.9 Å². The lowest BCUT2D eigenvalue weighted by atomic mass is 10.1. The van der Waals surface area contributed by atoms with E-state index in [1.807, 2.05) is 5.38 Å². The van der Waals surface area contributed by atoms with Crippen LogP contribution in [0.4, 0.5) is 0 Å². The minimum atomic E-state index is -0.286. The summed E-state index contributed by atoms with van der Waals surface area (Å²) in [5, 5.41) is 2.65. The molecule has 0 bridgehead atoms. The smallest absolute Gasteiger partial charge is 0.261 e. The summed E-state index contributed by atoms with van der Waals surface area (Å²) < 4.78 is 0.749. The van der Waals surface area contributed by atoms with E-state index in [0.29, 0.717) is 24.1 Å². The van der Waals surface area contributed by atoms with Gasteiger partial charge in [-0.05, 0) is 34.5 Å². The fourth-order valence-corrected chi connectivity index (χ4v) is 3.57. The van der Waals surface area contributed by atoms with Crippen molar-refractivity contribution in [1.82, 2.24) is 9.88 Å². The Morgan fingerprint density at radius 1 is 1.24 bits per heavy atom. The zero-order chi connectivity index (χ0) is 15.0. The van der Waals surface area contributed by atoms with Crippen LogP contribution in [-0.4, -0.2) is 28.2 Å². The Labute approximate surface area is 133 Å². The number of benzene rings is 1. The summed E-state index contributed by atoms with van der Waals surface area (Å²) in [6.45, 7) is 0.296. The number of amides is 2. The van der Waals surface area contributed by atoms with Crippen LogP contribution in [0.3, 0.4) is 0 Å². The summed E-state index contributed by atoms with van der Waals surface area (Å²) in [5.41, 5.74) is 6.99. The molecule has 0 saturated heterocycles. The molecule has 2 amide bonds. The van der Waals surface area contributed by atoms with Gasteiger partial charge in [-0.25, -0.2) is 4.98 Å². The Kier molecular flexibility index (Phi) is 3.88. The number of halogens is 1. The van der Waals surface area contributed by atoms with Gasteiger partial charge >= 0.3 is 0 Å². The molecule has 3 rings (SSSR count). The van der Waals surface area contributed by atoms with Gasteiger partial charge in [0.05, 0.1) is 17.2 Å². The minimum absolute atomic E-state index is 0.247. The van der Waals surface area contributed by atoms with Gasteiger partial charge in [-0.15, -0.1) is 11.3 Å². The van der Waals surface area contributed by atoms with Gasteiger partial charge in [0, 0.05) is 11.9 Å². The van der Waals surface area contributed by atoms with Crippen molar-refractivity contribution in [3.8, 4) is 0 Å². The number of hydrogen-bond donors (Lipinski definition) is 1. The molecule has 1 unspecified atom stereocenters. The number of nitrogens with zero attached hydrogens (tertiary/aromatic N) is 2. The quantitative estimate of drug-likeness (QED) is 0.844. The molecule has 1 atom stereocenters. The Bertz CT molecular complexity index is 681. The average Bonchev–Trinajstić information content (AvgIpc) is 3.02. The van der Waals surface area contributed by atoms with Crippen LogP contribution < -0.4 is 5.73 Å². The maximum absolute atomic E-state index is 12.2. The highest BCUT2D eigenvalue weighted by Crippen LogP contribution is 2.25. The monoisotopic (exact) mass is 365 g/mol. The second-order valence-corrected chi connectivity index (χ2v) is 6.41. The molecular weight excluding hydrogens is 354 g/mol. The zero-order valence-corrected chi connectivity index (χ0v) is 13.4. The van der Waals surface area contributed by atoms with Crippen molar-refractivity contribution in [3.05, 3.63) is 50.4 Å². The first kappa shape index (κ1) is 14.4. The number of carbonyl (C=O) groups excluding carboxylic acids is 2. The lowest BCUT2D eigenvalue weighted by Gasteiger charge is -2.16. The molecule has 5 nitrogen and oxygen atoms in total. The minimum Gasteiger partial charge on any atom is -0.322 e. The van der Waals surface area contributed by atoms with Crippen LogP contribution in [0.1, 0.15) is 38.2 Å². The van der Waals surface area contributed by atoms with E-state index in [4.69, 9.17) is 5.73 Å². The van der Waals surface area contributed by atoms with E-state index in [1.54, 1.807) is 24.3 Å². The predicted octanol–water partition coefficient (Wildman–Crippen LogP) is 2.59. The van der Waals surface area contributed by atoms with Crippen molar-refractivity contribution >= 4 is 39.1 Å². The molecule has 0 radical (unpaired) electrons. The Balaban J connectivity index is 1.70. The summed E-state index contributed by atoms with van der Waals surface area (Å²) in [7, 11) is 0. The highest BCUT2D eigenvalue weighted by Gasteiger charge is 2.34. The van der Waals surface area contributed by atoms with Gasteiger partial charge in [0.25, 0.3) is 11.8 Å². The third-order valence-electron chi connectivity index (χ3n) is 3.35. The van der Waals surface area contributed by atoms with Crippen molar-refractivity contribution < 1.29 is 9.59 Å². The molecule has 2 heterocycles. The molecule has 21 heavy (non-hydrogen) atoms. The first-order valence-electron chi connectivity index (χ1n) is 6.39. The third-order valence-corrected chi connectivity index (χ3v) is 5.04. The average molecular weight is 366 g/mol. The molecule has 1 aromatic heterocycles. The van der Waals surface area contributed by atoms with Crippen LogP contribution in [0.15, 0.2) is 34.2 Å². The second kappa shape index (κ2) is 5.67. The zero-order valence-electron chi connectivity index (χ0n) is 11.0. The van der Waals surface area contributed by atoms with Gasteiger partial charge in [0.15, 0.2) is 0 Å². The molecule has 0 saturated carbocycles. The molecule has 7 heteroatoms.